The second kappa shape index (κ2) is 9.94. The van der Waals surface area contributed by atoms with Gasteiger partial charge < -0.3 is 14.7 Å². The largest absolute Gasteiger partial charge is 0.466 e. The summed E-state index contributed by atoms with van der Waals surface area (Å²) in [5.41, 5.74) is 0. The molecular weight excluding hydrogens is 378 g/mol. The molecule has 0 aliphatic rings. The Morgan fingerprint density at radius 2 is 0.926 bits per heavy atom. The molecule has 27 heavy (non-hydrogen) atoms. The second-order valence-corrected chi connectivity index (χ2v) is 11.3. The van der Waals surface area contributed by atoms with Crippen LogP contribution in [0, 0.1) is 0 Å². The molecule has 0 atom stereocenters. The molecule has 0 saturated heterocycles. The van der Waals surface area contributed by atoms with E-state index in [9.17, 15) is 0 Å². The molecule has 0 radical (unpaired) electrons. The van der Waals surface area contributed by atoms with E-state index in [-0.39, 0.29) is 0 Å². The summed E-state index contributed by atoms with van der Waals surface area (Å²) in [6.45, 7) is 2.30. The zero-order chi connectivity index (χ0) is 19.8. The predicted octanol–water partition coefficient (Wildman–Crippen LogP) is 3.19. The Morgan fingerprint density at radius 1 is 0.667 bits per heavy atom. The zero-order valence-electron chi connectivity index (χ0n) is 15.3. The van der Waals surface area contributed by atoms with Crippen molar-refractivity contribution in [2.24, 2.45) is 0 Å². The van der Waals surface area contributed by atoms with Crippen molar-refractivity contribution in [1.82, 2.24) is 0 Å². The van der Waals surface area contributed by atoms with Gasteiger partial charge in [-0.3, -0.25) is 0 Å². The molecule has 0 unspecified atom stereocenters. The van der Waals surface area contributed by atoms with Crippen LogP contribution in [-0.4, -0.2) is 20.8 Å². The summed E-state index contributed by atoms with van der Waals surface area (Å²) in [4.78, 5) is 21.6. The fourth-order valence-corrected chi connectivity index (χ4v) is 8.38. The molecule has 3 aromatic carbocycles. The topological polar surface area (TPSA) is 77.8 Å². The van der Waals surface area contributed by atoms with Crippen molar-refractivity contribution >= 4 is 31.0 Å². The zero-order valence-corrected chi connectivity index (χ0v) is 17.2. The molecular formula is C21H26O4P2. The minimum Gasteiger partial charge on any atom is -0.303 e. The van der Waals surface area contributed by atoms with E-state index in [1.165, 1.54) is 28.5 Å². The normalized spacial score (nSPS) is 12.0. The summed E-state index contributed by atoms with van der Waals surface area (Å²) in [5.74, 6) is 0. The Bertz CT molecular complexity index is 744. The van der Waals surface area contributed by atoms with Crippen LogP contribution in [0.25, 0.3) is 0 Å². The van der Waals surface area contributed by atoms with Crippen molar-refractivity contribution in [3.05, 3.63) is 91.0 Å². The Balaban J connectivity index is 0.000000465. The van der Waals surface area contributed by atoms with Crippen LogP contribution >= 0.6 is 15.1 Å². The van der Waals surface area contributed by atoms with E-state index in [2.05, 4.69) is 97.9 Å². The van der Waals surface area contributed by atoms with Crippen molar-refractivity contribution in [3.63, 3.8) is 0 Å². The SMILES string of the molecule is CCC[PH](c1ccccc1)(c1ccccc1)c1ccccc1.O=P(O)(O)O. The van der Waals surface area contributed by atoms with Crippen LogP contribution in [0.5, 0.6) is 0 Å². The molecule has 144 valence electrons. The number of hydrogen-bond donors (Lipinski definition) is 3. The summed E-state index contributed by atoms with van der Waals surface area (Å²) in [6.07, 6.45) is 2.44. The van der Waals surface area contributed by atoms with E-state index >= 15 is 0 Å². The van der Waals surface area contributed by atoms with E-state index in [4.69, 9.17) is 19.2 Å². The summed E-state index contributed by atoms with van der Waals surface area (Å²) < 4.78 is 8.88. The third kappa shape index (κ3) is 6.10. The maximum Gasteiger partial charge on any atom is 0.466 e. The molecule has 0 fully saturated rings. The maximum absolute atomic E-state index is 8.88. The summed E-state index contributed by atoms with van der Waals surface area (Å²) in [7, 11) is -6.56. The van der Waals surface area contributed by atoms with Gasteiger partial charge in [0.2, 0.25) is 0 Å². The van der Waals surface area contributed by atoms with Gasteiger partial charge in [0, 0.05) is 0 Å². The van der Waals surface area contributed by atoms with Crippen molar-refractivity contribution in [3.8, 4) is 0 Å². The number of hydrogen-bond acceptors (Lipinski definition) is 1. The Morgan fingerprint density at radius 3 is 1.15 bits per heavy atom. The molecule has 4 nitrogen and oxygen atoms in total. The van der Waals surface area contributed by atoms with Gasteiger partial charge in [-0.2, -0.15) is 0 Å². The monoisotopic (exact) mass is 404 g/mol. The number of phosphoric acid groups is 1. The first-order chi connectivity index (χ1) is 12.9. The first kappa shape index (κ1) is 21.5. The maximum atomic E-state index is 8.88. The molecule has 0 spiro atoms. The standard InChI is InChI=1S/C21H23P.H3O4P/c1-2-18-22(19-12-6-3-7-13-19,20-14-8-4-9-15-20)21-16-10-5-11-17-21;1-5(2,3)4/h3-17,22H,2,18H2,1H3;(H3,1,2,3,4). The number of benzene rings is 3. The van der Waals surface area contributed by atoms with Crippen molar-refractivity contribution in [1.29, 1.82) is 0 Å². The van der Waals surface area contributed by atoms with Gasteiger partial charge in [0.15, 0.2) is 0 Å². The molecule has 0 aromatic heterocycles. The van der Waals surface area contributed by atoms with Crippen LogP contribution < -0.4 is 15.9 Å². The summed E-state index contributed by atoms with van der Waals surface area (Å²) in [5, 5.41) is 4.53. The minimum absolute atomic E-state index is 1.20. The molecule has 3 N–H and O–H groups in total. The van der Waals surface area contributed by atoms with Crippen molar-refractivity contribution < 1.29 is 19.2 Å². The first-order valence-electron chi connectivity index (χ1n) is 8.83. The third-order valence-electron chi connectivity index (χ3n) is 4.42. The van der Waals surface area contributed by atoms with Crippen LogP contribution in [0.3, 0.4) is 0 Å². The van der Waals surface area contributed by atoms with Crippen LogP contribution in [0.1, 0.15) is 13.3 Å². The van der Waals surface area contributed by atoms with E-state index in [0.717, 1.165) is 0 Å². The Hall–Kier alpha value is -1.80. The van der Waals surface area contributed by atoms with Gasteiger partial charge in [-0.15, -0.1) is 0 Å². The molecule has 0 aliphatic heterocycles. The number of rotatable bonds is 5. The molecule has 0 amide bonds. The van der Waals surface area contributed by atoms with E-state index in [1.54, 1.807) is 0 Å². The molecule has 0 heterocycles. The quantitative estimate of drug-likeness (QED) is 0.571. The Labute approximate surface area is 161 Å². The molecule has 0 saturated carbocycles. The van der Waals surface area contributed by atoms with Gasteiger partial charge in [0.25, 0.3) is 0 Å². The smallest absolute Gasteiger partial charge is 0.303 e. The summed E-state index contributed by atoms with van der Waals surface area (Å²) in [6, 6.07) is 33.4. The van der Waals surface area contributed by atoms with Gasteiger partial charge in [0.05, 0.1) is 0 Å². The fourth-order valence-electron chi connectivity index (χ4n) is 3.48. The second-order valence-electron chi connectivity index (χ2n) is 6.27. The molecule has 3 aromatic rings. The third-order valence-corrected chi connectivity index (χ3v) is 9.63. The average Bonchev–Trinajstić information content (AvgIpc) is 2.67. The van der Waals surface area contributed by atoms with Gasteiger partial charge in [0.1, 0.15) is 0 Å². The van der Waals surface area contributed by atoms with Gasteiger partial charge in [-0.25, -0.2) is 4.57 Å². The minimum atomic E-state index is -4.64. The van der Waals surface area contributed by atoms with Crippen molar-refractivity contribution in [2.45, 2.75) is 13.3 Å². The summed E-state index contributed by atoms with van der Waals surface area (Å²) >= 11 is 0. The van der Waals surface area contributed by atoms with Crippen LogP contribution in [-0.2, 0) is 4.57 Å². The molecule has 0 aliphatic carbocycles. The van der Waals surface area contributed by atoms with Gasteiger partial charge in [-0.1, -0.05) is 0 Å². The molecule has 3 rings (SSSR count). The molecule has 6 heteroatoms. The van der Waals surface area contributed by atoms with Crippen LogP contribution in [0.4, 0.5) is 0 Å². The van der Waals surface area contributed by atoms with Crippen LogP contribution in [0.15, 0.2) is 91.0 Å². The van der Waals surface area contributed by atoms with Crippen LogP contribution in [0.2, 0.25) is 0 Å². The first-order valence-corrected chi connectivity index (χ1v) is 12.6. The predicted molar refractivity (Wildman–Crippen MR) is 116 cm³/mol. The van der Waals surface area contributed by atoms with Gasteiger partial charge in [-0.05, 0) is 0 Å². The Kier molecular flexibility index (Phi) is 7.91. The van der Waals surface area contributed by atoms with E-state index in [0.29, 0.717) is 0 Å². The van der Waals surface area contributed by atoms with E-state index in [1.807, 2.05) is 0 Å². The molecule has 0 bridgehead atoms. The average molecular weight is 404 g/mol. The van der Waals surface area contributed by atoms with Gasteiger partial charge >= 0.3 is 142 Å². The fraction of sp³-hybridized carbons (Fsp3) is 0.143. The van der Waals surface area contributed by atoms with E-state index < -0.39 is 15.1 Å². The van der Waals surface area contributed by atoms with Crippen molar-refractivity contribution in [2.75, 3.05) is 6.16 Å².